The Morgan fingerprint density at radius 2 is 2.83 bits per heavy atom. The third kappa shape index (κ3) is 0.235. The standard InChI is InChI=1S/C4H6NO/c1-3-4(6-3)2-5-1/h3,5H,1-2H2. The Hall–Kier alpha value is -0.0800. The number of epoxide rings is 1. The topological polar surface area (TPSA) is 24.6 Å². The first-order chi connectivity index (χ1) is 2.97. The van der Waals surface area contributed by atoms with Crippen molar-refractivity contribution < 1.29 is 4.74 Å². The highest BCUT2D eigenvalue weighted by atomic mass is 16.6. The second-order valence-corrected chi connectivity index (χ2v) is 1.70. The van der Waals surface area contributed by atoms with Crippen molar-refractivity contribution in [2.24, 2.45) is 0 Å². The van der Waals surface area contributed by atoms with Gasteiger partial charge in [0.2, 0.25) is 0 Å². The molecular formula is C4H6NO. The highest BCUT2D eigenvalue weighted by Gasteiger charge is 2.44. The lowest BCUT2D eigenvalue weighted by atomic mass is 10.4. The number of morpholine rings is 1. The Labute approximate surface area is 36.5 Å². The zero-order valence-electron chi connectivity index (χ0n) is 3.40. The Bertz CT molecular complexity index is 65.9. The largest absolute Gasteiger partial charge is 0.360 e. The number of ether oxygens (including phenoxy) is 1. The van der Waals surface area contributed by atoms with Gasteiger partial charge in [0.25, 0.3) is 0 Å². The second kappa shape index (κ2) is 0.768. The van der Waals surface area contributed by atoms with E-state index in [0.717, 1.165) is 13.1 Å². The fourth-order valence-electron chi connectivity index (χ4n) is 0.786. The van der Waals surface area contributed by atoms with Crippen molar-refractivity contribution in [2.75, 3.05) is 13.1 Å². The molecule has 6 heavy (non-hydrogen) atoms. The lowest BCUT2D eigenvalue weighted by molar-refractivity contribution is 0.367. The quantitative estimate of drug-likeness (QED) is 0.401. The fraction of sp³-hybridized carbons (Fsp3) is 0.750. The van der Waals surface area contributed by atoms with E-state index in [0.29, 0.717) is 6.10 Å². The van der Waals surface area contributed by atoms with Crippen molar-refractivity contribution in [1.29, 1.82) is 0 Å². The van der Waals surface area contributed by atoms with Crippen LogP contribution in [-0.2, 0) is 4.74 Å². The molecule has 0 aromatic carbocycles. The van der Waals surface area contributed by atoms with Crippen LogP contribution in [0, 0.1) is 6.10 Å². The molecule has 1 radical (unpaired) electrons. The van der Waals surface area contributed by atoms with E-state index in [-0.39, 0.29) is 0 Å². The minimum Gasteiger partial charge on any atom is -0.360 e. The molecule has 2 nitrogen and oxygen atoms in total. The zero-order valence-corrected chi connectivity index (χ0v) is 3.40. The molecule has 0 aliphatic carbocycles. The van der Waals surface area contributed by atoms with Crippen LogP contribution in [0.1, 0.15) is 0 Å². The van der Waals surface area contributed by atoms with Gasteiger partial charge in [-0.3, -0.25) is 0 Å². The molecule has 2 saturated heterocycles. The third-order valence-electron chi connectivity index (χ3n) is 1.22. The molecule has 33 valence electrons. The van der Waals surface area contributed by atoms with Gasteiger partial charge in [-0.2, -0.15) is 0 Å². The molecular weight excluding hydrogens is 78.0 g/mol. The van der Waals surface area contributed by atoms with Crippen molar-refractivity contribution in [1.82, 2.24) is 5.32 Å². The van der Waals surface area contributed by atoms with Crippen LogP contribution in [0.2, 0.25) is 0 Å². The lowest BCUT2D eigenvalue weighted by Gasteiger charge is -1.86. The smallest absolute Gasteiger partial charge is 0.141 e. The Kier molecular flexibility index (Phi) is 0.383. The van der Waals surface area contributed by atoms with E-state index in [9.17, 15) is 0 Å². The summed E-state index contributed by atoms with van der Waals surface area (Å²) in [4.78, 5) is 0. The summed E-state index contributed by atoms with van der Waals surface area (Å²) >= 11 is 0. The predicted molar refractivity (Wildman–Crippen MR) is 21.0 cm³/mol. The van der Waals surface area contributed by atoms with Crippen LogP contribution in [-0.4, -0.2) is 19.2 Å². The van der Waals surface area contributed by atoms with Gasteiger partial charge in [-0.05, 0) is 0 Å². The van der Waals surface area contributed by atoms with Gasteiger partial charge in [-0.25, -0.2) is 0 Å². The lowest BCUT2D eigenvalue weighted by Crippen LogP contribution is -2.12. The van der Waals surface area contributed by atoms with Gasteiger partial charge >= 0.3 is 0 Å². The predicted octanol–water partition coefficient (Wildman–Crippen LogP) is -0.480. The zero-order chi connectivity index (χ0) is 3.98. The molecule has 2 heterocycles. The minimum absolute atomic E-state index is 0.519. The average molecular weight is 84.1 g/mol. The molecule has 0 aromatic heterocycles. The Balaban J connectivity index is 2.09. The van der Waals surface area contributed by atoms with E-state index in [4.69, 9.17) is 4.74 Å². The van der Waals surface area contributed by atoms with E-state index in [1.165, 1.54) is 6.10 Å². The first-order valence-electron chi connectivity index (χ1n) is 2.20. The molecule has 2 fully saturated rings. The van der Waals surface area contributed by atoms with E-state index in [2.05, 4.69) is 5.32 Å². The van der Waals surface area contributed by atoms with Gasteiger partial charge in [-0.15, -0.1) is 0 Å². The maximum atomic E-state index is 5.01. The van der Waals surface area contributed by atoms with Gasteiger partial charge in [-0.1, -0.05) is 0 Å². The Morgan fingerprint density at radius 1 is 1.83 bits per heavy atom. The molecule has 2 heteroatoms. The summed E-state index contributed by atoms with van der Waals surface area (Å²) in [5.74, 6) is 0. The highest BCUT2D eigenvalue weighted by molar-refractivity contribution is 5.11. The van der Waals surface area contributed by atoms with Crippen LogP contribution in [0.4, 0.5) is 0 Å². The summed E-state index contributed by atoms with van der Waals surface area (Å²) < 4.78 is 5.01. The number of nitrogens with one attached hydrogen (secondary N) is 1. The van der Waals surface area contributed by atoms with Crippen molar-refractivity contribution in [3.8, 4) is 0 Å². The molecule has 0 spiro atoms. The molecule has 0 bridgehead atoms. The molecule has 0 saturated carbocycles. The molecule has 0 amide bonds. The SMILES string of the molecule is C1NCC2O[C]12. The summed E-state index contributed by atoms with van der Waals surface area (Å²) in [5, 5.41) is 3.16. The highest BCUT2D eigenvalue weighted by Crippen LogP contribution is 2.32. The maximum Gasteiger partial charge on any atom is 0.141 e. The third-order valence-corrected chi connectivity index (χ3v) is 1.22. The second-order valence-electron chi connectivity index (χ2n) is 1.70. The first-order valence-corrected chi connectivity index (χ1v) is 2.20. The van der Waals surface area contributed by atoms with Crippen LogP contribution in [0.15, 0.2) is 0 Å². The van der Waals surface area contributed by atoms with E-state index in [1.54, 1.807) is 0 Å². The molecule has 1 unspecified atom stereocenters. The molecule has 2 aliphatic rings. The molecule has 2 aliphatic heterocycles. The summed E-state index contributed by atoms with van der Waals surface area (Å²) in [5.41, 5.74) is 0. The monoisotopic (exact) mass is 84.0 g/mol. The van der Waals surface area contributed by atoms with Crippen LogP contribution < -0.4 is 5.32 Å². The maximum absolute atomic E-state index is 5.01. The van der Waals surface area contributed by atoms with E-state index < -0.39 is 0 Å². The summed E-state index contributed by atoms with van der Waals surface area (Å²) in [7, 11) is 0. The average Bonchev–Trinajstić information content (AvgIpc) is 2.17. The number of rotatable bonds is 0. The van der Waals surface area contributed by atoms with Crippen molar-refractivity contribution in [2.45, 2.75) is 6.10 Å². The number of fused-ring (bicyclic) bond motifs is 1. The molecule has 1 atom stereocenters. The van der Waals surface area contributed by atoms with Gasteiger partial charge in [0.15, 0.2) is 0 Å². The first kappa shape index (κ1) is 2.99. The van der Waals surface area contributed by atoms with Crippen LogP contribution >= 0.6 is 0 Å². The number of hydrogen-bond acceptors (Lipinski definition) is 2. The van der Waals surface area contributed by atoms with Crippen molar-refractivity contribution in [3.63, 3.8) is 0 Å². The molecule has 0 aromatic rings. The normalized spacial score (nSPS) is 43.0. The van der Waals surface area contributed by atoms with Gasteiger partial charge in [0.05, 0.1) is 0 Å². The van der Waals surface area contributed by atoms with E-state index in [1.807, 2.05) is 0 Å². The van der Waals surface area contributed by atoms with Gasteiger partial charge in [0, 0.05) is 13.1 Å². The summed E-state index contributed by atoms with van der Waals surface area (Å²) in [6, 6.07) is 0. The summed E-state index contributed by atoms with van der Waals surface area (Å²) in [6.45, 7) is 2.06. The van der Waals surface area contributed by atoms with Gasteiger partial charge < -0.3 is 10.1 Å². The number of hydrogen-bond donors (Lipinski definition) is 1. The van der Waals surface area contributed by atoms with Gasteiger partial charge in [0.1, 0.15) is 12.2 Å². The van der Waals surface area contributed by atoms with Crippen LogP contribution in [0.3, 0.4) is 0 Å². The van der Waals surface area contributed by atoms with Crippen LogP contribution in [0.5, 0.6) is 0 Å². The Morgan fingerprint density at radius 3 is 3.00 bits per heavy atom. The van der Waals surface area contributed by atoms with Crippen molar-refractivity contribution >= 4 is 0 Å². The molecule has 2 rings (SSSR count). The van der Waals surface area contributed by atoms with Crippen LogP contribution in [0.25, 0.3) is 0 Å². The van der Waals surface area contributed by atoms with E-state index >= 15 is 0 Å². The molecule has 1 N–H and O–H groups in total. The fourth-order valence-corrected chi connectivity index (χ4v) is 0.786. The van der Waals surface area contributed by atoms with Crippen molar-refractivity contribution in [3.05, 3.63) is 6.10 Å². The minimum atomic E-state index is 0.519. The summed E-state index contributed by atoms with van der Waals surface area (Å²) in [6.07, 6.45) is 1.78.